The van der Waals surface area contributed by atoms with E-state index in [1.165, 1.54) is 0 Å². The molecule has 2 heterocycles. The molecular formula is C17H28N4O3. The molecule has 2 atom stereocenters. The van der Waals surface area contributed by atoms with Gasteiger partial charge in [-0.3, -0.25) is 4.79 Å². The highest BCUT2D eigenvalue weighted by atomic mass is 16.5. The second-order valence-corrected chi connectivity index (χ2v) is 6.30. The van der Waals surface area contributed by atoms with Gasteiger partial charge in [-0.05, 0) is 45.7 Å². The van der Waals surface area contributed by atoms with Crippen molar-refractivity contribution in [3.05, 3.63) is 24.2 Å². The molecule has 0 aromatic carbocycles. The minimum atomic E-state index is -0.103. The fourth-order valence-corrected chi connectivity index (χ4v) is 2.56. The molecule has 0 aliphatic carbocycles. The van der Waals surface area contributed by atoms with Crippen molar-refractivity contribution in [2.45, 2.75) is 58.3 Å². The van der Waals surface area contributed by atoms with Crippen LogP contribution in [-0.4, -0.2) is 43.2 Å². The predicted octanol–water partition coefficient (Wildman–Crippen LogP) is 1.41. The van der Waals surface area contributed by atoms with Crippen LogP contribution >= 0.6 is 0 Å². The van der Waals surface area contributed by atoms with E-state index in [1.807, 2.05) is 26.0 Å². The van der Waals surface area contributed by atoms with E-state index in [2.05, 4.69) is 27.9 Å². The molecule has 24 heavy (non-hydrogen) atoms. The normalized spacial score (nSPS) is 19.3. The monoisotopic (exact) mass is 336 g/mol. The molecule has 7 heteroatoms. The standard InChI is InChI=1S/C17H28N4O3/c1-12(2)20-16(22)11-19-17(18-10-14-6-4-8-23-14)21-13(3)15-7-5-9-24-15/h4,6,8,12-13,15H,5,7,9-11H2,1-3H3,(H,20,22)(H2,18,19,21). The van der Waals surface area contributed by atoms with Crippen molar-refractivity contribution in [2.75, 3.05) is 13.2 Å². The number of nitrogens with one attached hydrogen (secondary N) is 3. The third-order valence-corrected chi connectivity index (χ3v) is 3.73. The van der Waals surface area contributed by atoms with Crippen LogP contribution in [0.1, 0.15) is 39.4 Å². The first-order chi connectivity index (χ1) is 11.5. The molecule has 1 aromatic heterocycles. The summed E-state index contributed by atoms with van der Waals surface area (Å²) in [7, 11) is 0. The highest BCUT2D eigenvalue weighted by molar-refractivity contribution is 5.85. The first-order valence-electron chi connectivity index (χ1n) is 8.53. The minimum absolute atomic E-state index is 0.0733. The molecule has 1 amide bonds. The summed E-state index contributed by atoms with van der Waals surface area (Å²) in [5.74, 6) is 1.28. The number of aliphatic imine (C=N–C) groups is 1. The van der Waals surface area contributed by atoms with Gasteiger partial charge in [0.25, 0.3) is 0 Å². The molecule has 0 spiro atoms. The zero-order chi connectivity index (χ0) is 17.4. The van der Waals surface area contributed by atoms with Gasteiger partial charge >= 0.3 is 0 Å². The summed E-state index contributed by atoms with van der Waals surface area (Å²) in [5.41, 5.74) is 0. The second-order valence-electron chi connectivity index (χ2n) is 6.30. The lowest BCUT2D eigenvalue weighted by Gasteiger charge is -2.22. The molecule has 0 saturated carbocycles. The second kappa shape index (κ2) is 9.32. The number of rotatable bonds is 7. The molecule has 134 valence electrons. The van der Waals surface area contributed by atoms with Crippen molar-refractivity contribution in [3.8, 4) is 0 Å². The van der Waals surface area contributed by atoms with E-state index in [1.54, 1.807) is 6.26 Å². The Morgan fingerprint density at radius 1 is 1.38 bits per heavy atom. The number of hydrogen-bond acceptors (Lipinski definition) is 4. The number of guanidine groups is 1. The quantitative estimate of drug-likeness (QED) is 0.517. The highest BCUT2D eigenvalue weighted by Gasteiger charge is 2.23. The van der Waals surface area contributed by atoms with Crippen LogP contribution in [0.3, 0.4) is 0 Å². The van der Waals surface area contributed by atoms with Gasteiger partial charge in [-0.1, -0.05) is 0 Å². The Hall–Kier alpha value is -2.02. The van der Waals surface area contributed by atoms with Crippen LogP contribution in [0.15, 0.2) is 27.8 Å². The maximum absolute atomic E-state index is 11.8. The largest absolute Gasteiger partial charge is 0.467 e. The summed E-state index contributed by atoms with van der Waals surface area (Å²) in [6, 6.07) is 3.95. The van der Waals surface area contributed by atoms with Gasteiger partial charge in [-0.15, -0.1) is 0 Å². The maximum atomic E-state index is 11.8. The van der Waals surface area contributed by atoms with Crippen LogP contribution in [0.4, 0.5) is 0 Å². The van der Waals surface area contributed by atoms with E-state index in [-0.39, 0.29) is 30.6 Å². The summed E-state index contributed by atoms with van der Waals surface area (Å²) >= 11 is 0. The molecule has 0 radical (unpaired) electrons. The summed E-state index contributed by atoms with van der Waals surface area (Å²) in [5, 5.41) is 9.35. The Labute approximate surface area is 143 Å². The first-order valence-corrected chi connectivity index (χ1v) is 8.53. The lowest BCUT2D eigenvalue weighted by molar-refractivity contribution is -0.120. The maximum Gasteiger partial charge on any atom is 0.242 e. The van der Waals surface area contributed by atoms with Crippen LogP contribution < -0.4 is 16.0 Å². The summed E-state index contributed by atoms with van der Waals surface area (Å²) in [6.45, 7) is 7.30. The fraction of sp³-hybridized carbons (Fsp3) is 0.647. The van der Waals surface area contributed by atoms with Crippen LogP contribution in [0.25, 0.3) is 0 Å². The predicted molar refractivity (Wildman–Crippen MR) is 92.7 cm³/mol. The van der Waals surface area contributed by atoms with Crippen molar-refractivity contribution in [1.82, 2.24) is 16.0 Å². The van der Waals surface area contributed by atoms with E-state index in [0.717, 1.165) is 25.2 Å². The SMILES string of the molecule is CC(C)NC(=O)CN=C(NCc1ccco1)NC(C)C1CCCO1. The molecular weight excluding hydrogens is 308 g/mol. The number of amides is 1. The molecule has 7 nitrogen and oxygen atoms in total. The van der Waals surface area contributed by atoms with Gasteiger partial charge in [0.15, 0.2) is 5.96 Å². The summed E-state index contributed by atoms with van der Waals surface area (Å²) in [6.07, 6.45) is 3.92. The van der Waals surface area contributed by atoms with E-state index < -0.39 is 0 Å². The van der Waals surface area contributed by atoms with Crippen molar-refractivity contribution >= 4 is 11.9 Å². The topological polar surface area (TPSA) is 87.9 Å². The minimum Gasteiger partial charge on any atom is -0.467 e. The Morgan fingerprint density at radius 3 is 2.83 bits per heavy atom. The Balaban J connectivity index is 1.92. The van der Waals surface area contributed by atoms with E-state index >= 15 is 0 Å². The molecule has 2 rings (SSSR count). The third kappa shape index (κ3) is 6.23. The number of ether oxygens (including phenoxy) is 1. The van der Waals surface area contributed by atoms with Crippen molar-refractivity contribution < 1.29 is 13.9 Å². The van der Waals surface area contributed by atoms with Crippen molar-refractivity contribution in [1.29, 1.82) is 0 Å². The van der Waals surface area contributed by atoms with E-state index in [0.29, 0.717) is 12.5 Å². The van der Waals surface area contributed by atoms with Gasteiger partial charge < -0.3 is 25.1 Å². The summed E-state index contributed by atoms with van der Waals surface area (Å²) < 4.78 is 11.0. The van der Waals surface area contributed by atoms with Gasteiger partial charge in [0, 0.05) is 12.6 Å². The van der Waals surface area contributed by atoms with Gasteiger partial charge in [-0.2, -0.15) is 0 Å². The average Bonchev–Trinajstić information content (AvgIpc) is 3.21. The number of carbonyl (C=O) groups is 1. The number of hydrogen-bond donors (Lipinski definition) is 3. The fourth-order valence-electron chi connectivity index (χ4n) is 2.56. The first kappa shape index (κ1) is 18.3. The molecule has 3 N–H and O–H groups in total. The number of furan rings is 1. The van der Waals surface area contributed by atoms with Crippen LogP contribution in [0, 0.1) is 0 Å². The molecule has 2 unspecified atom stereocenters. The smallest absolute Gasteiger partial charge is 0.242 e. The van der Waals surface area contributed by atoms with Crippen LogP contribution in [0.5, 0.6) is 0 Å². The molecule has 1 aliphatic heterocycles. The van der Waals surface area contributed by atoms with Crippen molar-refractivity contribution in [2.24, 2.45) is 4.99 Å². The number of nitrogens with zero attached hydrogens (tertiary/aromatic N) is 1. The molecule has 1 aromatic rings. The van der Waals surface area contributed by atoms with Crippen LogP contribution in [0.2, 0.25) is 0 Å². The van der Waals surface area contributed by atoms with Gasteiger partial charge in [-0.25, -0.2) is 4.99 Å². The third-order valence-electron chi connectivity index (χ3n) is 3.73. The zero-order valence-electron chi connectivity index (χ0n) is 14.7. The van der Waals surface area contributed by atoms with E-state index in [9.17, 15) is 4.79 Å². The zero-order valence-corrected chi connectivity index (χ0v) is 14.7. The van der Waals surface area contributed by atoms with Gasteiger partial charge in [0.2, 0.25) is 5.91 Å². The highest BCUT2D eigenvalue weighted by Crippen LogP contribution is 2.15. The van der Waals surface area contributed by atoms with Gasteiger partial charge in [0.1, 0.15) is 12.3 Å². The number of carbonyl (C=O) groups excluding carboxylic acids is 1. The lowest BCUT2D eigenvalue weighted by Crippen LogP contribution is -2.47. The molecule has 1 saturated heterocycles. The van der Waals surface area contributed by atoms with E-state index in [4.69, 9.17) is 9.15 Å². The molecule has 1 fully saturated rings. The molecule has 1 aliphatic rings. The Kier molecular flexibility index (Phi) is 7.11. The average molecular weight is 336 g/mol. The van der Waals surface area contributed by atoms with Crippen LogP contribution in [-0.2, 0) is 16.1 Å². The summed E-state index contributed by atoms with van der Waals surface area (Å²) in [4.78, 5) is 16.2. The van der Waals surface area contributed by atoms with Gasteiger partial charge in [0.05, 0.1) is 25.0 Å². The Bertz CT molecular complexity index is 522. The lowest BCUT2D eigenvalue weighted by atomic mass is 10.1. The molecule has 0 bridgehead atoms. The Morgan fingerprint density at radius 2 is 2.21 bits per heavy atom. The van der Waals surface area contributed by atoms with Crippen molar-refractivity contribution in [3.63, 3.8) is 0 Å².